The second kappa shape index (κ2) is 6.53. The lowest BCUT2D eigenvalue weighted by molar-refractivity contribution is -0.274. The van der Waals surface area contributed by atoms with Crippen molar-refractivity contribution in [3.8, 4) is 5.75 Å². The maximum absolute atomic E-state index is 11.7. The first kappa shape index (κ1) is 16.5. The molecule has 1 aromatic rings. The summed E-state index contributed by atoms with van der Waals surface area (Å²) < 4.78 is 38.8. The van der Waals surface area contributed by atoms with Crippen LogP contribution in [0.1, 0.15) is 10.4 Å². The van der Waals surface area contributed by atoms with Gasteiger partial charge >= 0.3 is 6.36 Å². The second-order valence-electron chi connectivity index (χ2n) is 2.20. The average molecular weight is 263 g/mol. The highest BCUT2D eigenvalue weighted by Crippen LogP contribution is 2.24. The molecule has 0 bridgehead atoms. The van der Waals surface area contributed by atoms with E-state index in [0.29, 0.717) is 6.29 Å². The van der Waals surface area contributed by atoms with Crippen LogP contribution in [0.25, 0.3) is 0 Å². The molecule has 86 valence electrons. The molecular weight excluding hydrogens is 256 g/mol. The standard InChI is InChI=1S/C8H5F3O2.2ClH/c9-8(10,11)13-7-4-2-1-3-6(7)5-12;;/h1-5H;2*1H. The lowest BCUT2D eigenvalue weighted by atomic mass is 10.2. The minimum atomic E-state index is -4.76. The van der Waals surface area contributed by atoms with Crippen LogP contribution in [0.3, 0.4) is 0 Å². The van der Waals surface area contributed by atoms with Gasteiger partial charge in [-0.2, -0.15) is 0 Å². The number of rotatable bonds is 2. The molecule has 0 N–H and O–H groups in total. The number of aldehydes is 1. The molecule has 0 aliphatic rings. The molecule has 0 saturated carbocycles. The summed E-state index contributed by atoms with van der Waals surface area (Å²) in [5.41, 5.74) is -0.125. The monoisotopic (exact) mass is 262 g/mol. The van der Waals surface area contributed by atoms with Crippen LogP contribution >= 0.6 is 24.8 Å². The van der Waals surface area contributed by atoms with Gasteiger partial charge in [0.1, 0.15) is 5.75 Å². The maximum atomic E-state index is 11.7. The first-order valence-corrected chi connectivity index (χ1v) is 3.33. The fraction of sp³-hybridized carbons (Fsp3) is 0.125. The van der Waals surface area contributed by atoms with Gasteiger partial charge in [-0.25, -0.2) is 0 Å². The van der Waals surface area contributed by atoms with E-state index in [2.05, 4.69) is 4.74 Å². The Balaban J connectivity index is 0. The summed E-state index contributed by atoms with van der Waals surface area (Å²) in [4.78, 5) is 10.3. The van der Waals surface area contributed by atoms with Crippen LogP contribution < -0.4 is 4.74 Å². The van der Waals surface area contributed by atoms with Gasteiger partial charge < -0.3 is 4.74 Å². The molecule has 0 fully saturated rings. The zero-order valence-corrected chi connectivity index (χ0v) is 8.79. The third-order valence-electron chi connectivity index (χ3n) is 1.27. The molecule has 1 rings (SSSR count). The van der Waals surface area contributed by atoms with Crippen molar-refractivity contribution in [1.82, 2.24) is 0 Å². The Morgan fingerprint density at radius 3 is 2.13 bits per heavy atom. The van der Waals surface area contributed by atoms with Gasteiger partial charge in [0.15, 0.2) is 6.29 Å². The summed E-state index contributed by atoms with van der Waals surface area (Å²) in [6.07, 6.45) is -4.46. The molecule has 0 saturated heterocycles. The highest BCUT2D eigenvalue weighted by Gasteiger charge is 2.31. The van der Waals surface area contributed by atoms with Crippen LogP contribution in [0.5, 0.6) is 5.75 Å². The van der Waals surface area contributed by atoms with Crippen LogP contribution in [0, 0.1) is 0 Å². The number of para-hydroxylation sites is 1. The van der Waals surface area contributed by atoms with Gasteiger partial charge in [0, 0.05) is 0 Å². The van der Waals surface area contributed by atoms with Crippen LogP contribution in [-0.2, 0) is 0 Å². The van der Waals surface area contributed by atoms with Gasteiger partial charge in [-0.05, 0) is 12.1 Å². The highest BCUT2D eigenvalue weighted by atomic mass is 35.5. The summed E-state index contributed by atoms with van der Waals surface area (Å²) >= 11 is 0. The Bertz CT molecular complexity index is 315. The fourth-order valence-electron chi connectivity index (χ4n) is 0.796. The van der Waals surface area contributed by atoms with Crippen molar-refractivity contribution < 1.29 is 22.7 Å². The van der Waals surface area contributed by atoms with Gasteiger partial charge in [0.25, 0.3) is 0 Å². The first-order chi connectivity index (χ1) is 6.03. The van der Waals surface area contributed by atoms with Crippen molar-refractivity contribution in [2.45, 2.75) is 6.36 Å². The minimum absolute atomic E-state index is 0. The summed E-state index contributed by atoms with van der Waals surface area (Å²) in [5, 5.41) is 0. The summed E-state index contributed by atoms with van der Waals surface area (Å²) in [6, 6.07) is 5.13. The van der Waals surface area contributed by atoms with Crippen LogP contribution in [0.2, 0.25) is 0 Å². The predicted octanol–water partition coefficient (Wildman–Crippen LogP) is 3.24. The Kier molecular flexibility index (Phi) is 7.17. The molecule has 0 heterocycles. The van der Waals surface area contributed by atoms with Gasteiger partial charge in [-0.15, -0.1) is 38.0 Å². The Morgan fingerprint density at radius 2 is 1.67 bits per heavy atom. The maximum Gasteiger partial charge on any atom is 0.573 e. The number of halogens is 5. The normalized spacial score (nSPS) is 9.53. The molecule has 15 heavy (non-hydrogen) atoms. The van der Waals surface area contributed by atoms with E-state index in [4.69, 9.17) is 0 Å². The molecule has 0 radical (unpaired) electrons. The van der Waals surface area contributed by atoms with Crippen LogP contribution in [-0.4, -0.2) is 12.6 Å². The predicted molar refractivity (Wildman–Crippen MR) is 53.0 cm³/mol. The quantitative estimate of drug-likeness (QED) is 0.765. The molecule has 1 aromatic carbocycles. The van der Waals surface area contributed by atoms with E-state index in [1.807, 2.05) is 0 Å². The third kappa shape index (κ3) is 5.49. The van der Waals surface area contributed by atoms with Crippen molar-refractivity contribution in [3.63, 3.8) is 0 Å². The SMILES string of the molecule is Cl.Cl.O=Cc1ccccc1OC(F)(F)F. The van der Waals surface area contributed by atoms with Crippen molar-refractivity contribution >= 4 is 31.1 Å². The smallest absolute Gasteiger partial charge is 0.405 e. The van der Waals surface area contributed by atoms with E-state index in [0.717, 1.165) is 6.07 Å². The molecule has 0 spiro atoms. The number of ether oxygens (including phenoxy) is 1. The molecule has 0 aromatic heterocycles. The Morgan fingerprint density at radius 1 is 1.13 bits per heavy atom. The fourth-order valence-corrected chi connectivity index (χ4v) is 0.796. The van der Waals surface area contributed by atoms with Gasteiger partial charge in [0.05, 0.1) is 5.56 Å². The minimum Gasteiger partial charge on any atom is -0.405 e. The van der Waals surface area contributed by atoms with Crippen molar-refractivity contribution in [3.05, 3.63) is 29.8 Å². The van der Waals surface area contributed by atoms with Gasteiger partial charge in [-0.3, -0.25) is 4.79 Å². The highest BCUT2D eigenvalue weighted by molar-refractivity contribution is 5.85. The second-order valence-corrected chi connectivity index (χ2v) is 2.20. The van der Waals surface area contributed by atoms with E-state index in [-0.39, 0.29) is 30.4 Å². The Labute approximate surface area is 96.2 Å². The van der Waals surface area contributed by atoms with E-state index in [9.17, 15) is 18.0 Å². The molecule has 0 amide bonds. The number of carbonyl (C=O) groups is 1. The summed E-state index contributed by atoms with van der Waals surface area (Å²) in [6.45, 7) is 0. The number of carbonyl (C=O) groups excluding carboxylic acids is 1. The van der Waals surface area contributed by atoms with Crippen molar-refractivity contribution in [1.29, 1.82) is 0 Å². The molecule has 2 nitrogen and oxygen atoms in total. The van der Waals surface area contributed by atoms with E-state index < -0.39 is 12.1 Å². The average Bonchev–Trinajstić information content (AvgIpc) is 2.02. The van der Waals surface area contributed by atoms with E-state index >= 15 is 0 Å². The number of alkyl halides is 3. The number of benzene rings is 1. The first-order valence-electron chi connectivity index (χ1n) is 3.33. The van der Waals surface area contributed by atoms with Gasteiger partial charge in [-0.1, -0.05) is 12.1 Å². The molecule has 0 aliphatic carbocycles. The van der Waals surface area contributed by atoms with E-state index in [1.54, 1.807) is 0 Å². The van der Waals surface area contributed by atoms with E-state index in [1.165, 1.54) is 18.2 Å². The van der Waals surface area contributed by atoms with Crippen molar-refractivity contribution in [2.24, 2.45) is 0 Å². The largest absolute Gasteiger partial charge is 0.573 e. The third-order valence-corrected chi connectivity index (χ3v) is 1.27. The number of hydrogen-bond donors (Lipinski definition) is 0. The summed E-state index contributed by atoms with van der Waals surface area (Å²) in [5.74, 6) is -0.481. The summed E-state index contributed by atoms with van der Waals surface area (Å²) in [7, 11) is 0. The Hall–Kier alpha value is -0.940. The molecule has 0 aliphatic heterocycles. The zero-order chi connectivity index (χ0) is 9.90. The van der Waals surface area contributed by atoms with Crippen molar-refractivity contribution in [2.75, 3.05) is 0 Å². The zero-order valence-electron chi connectivity index (χ0n) is 7.15. The molecule has 0 unspecified atom stereocenters. The van der Waals surface area contributed by atoms with Crippen LogP contribution in [0.15, 0.2) is 24.3 Å². The van der Waals surface area contributed by atoms with Crippen LogP contribution in [0.4, 0.5) is 13.2 Å². The molecule has 0 atom stereocenters. The molecular formula is C8H7Cl2F3O2. The lowest BCUT2D eigenvalue weighted by Gasteiger charge is -2.09. The number of hydrogen-bond acceptors (Lipinski definition) is 2. The topological polar surface area (TPSA) is 26.3 Å². The molecule has 7 heteroatoms. The van der Waals surface area contributed by atoms with Gasteiger partial charge in [0.2, 0.25) is 0 Å². The lowest BCUT2D eigenvalue weighted by Crippen LogP contribution is -2.17.